The van der Waals surface area contributed by atoms with Crippen LogP contribution in [0.1, 0.15) is 200 Å². The second kappa shape index (κ2) is 92.7. The number of H-pyrrole nitrogens is 6. The van der Waals surface area contributed by atoms with Gasteiger partial charge in [0.1, 0.15) is 59.1 Å². The summed E-state index contributed by atoms with van der Waals surface area (Å²) in [6.45, 7) is 60.9. The molecule has 0 unspecified atom stereocenters. The summed E-state index contributed by atoms with van der Waals surface area (Å²) < 4.78 is 14.0. The number of aryl methyl sites for hydroxylation is 14. The number of nitrogens with zero attached hydrogens (tertiary/aromatic N) is 21. The van der Waals surface area contributed by atoms with Gasteiger partial charge in [-0.15, -0.1) is 31.7 Å². The molecule has 0 spiro atoms. The molecular formula is C64H127N27OS2. The van der Waals surface area contributed by atoms with E-state index in [1.807, 2.05) is 269 Å². The summed E-state index contributed by atoms with van der Waals surface area (Å²) in [7, 11) is 5.65. The Morgan fingerprint density at radius 1 is 0.404 bits per heavy atom. The number of hydrogen-bond acceptors (Lipinski definition) is 21. The largest absolute Gasteiger partial charge is 0.426 e. The first kappa shape index (κ1) is 107. The Kier molecular flexibility index (Phi) is 105. The van der Waals surface area contributed by atoms with Crippen molar-refractivity contribution >= 4 is 22.9 Å². The number of nitrogens with one attached hydrogen (secondary N) is 6. The van der Waals surface area contributed by atoms with Gasteiger partial charge in [-0.2, -0.15) is 40.8 Å². The minimum atomic E-state index is 0.623. The molecule has 12 rings (SSSR count). The second-order valence-electron chi connectivity index (χ2n) is 14.2. The van der Waals surface area contributed by atoms with E-state index < -0.39 is 0 Å². The highest BCUT2D eigenvalue weighted by molar-refractivity contribution is 7.11. The van der Waals surface area contributed by atoms with Crippen LogP contribution in [0.4, 0.5) is 0 Å². The molecule has 0 radical (unpaired) electrons. The second-order valence-corrected chi connectivity index (χ2v) is 16.7. The Labute approximate surface area is 574 Å². The zero-order valence-corrected chi connectivity index (χ0v) is 65.7. The molecule has 0 aliphatic carbocycles. The summed E-state index contributed by atoms with van der Waals surface area (Å²) in [6, 6.07) is 7.71. The molecule has 0 aliphatic rings. The van der Waals surface area contributed by atoms with E-state index in [1.54, 1.807) is 84.4 Å². The fourth-order valence-corrected chi connectivity index (χ4v) is 4.78. The molecule has 0 aromatic carbocycles. The molecule has 12 heterocycles. The number of rotatable bonds is 0. The molecule has 0 fully saturated rings. The van der Waals surface area contributed by atoms with Gasteiger partial charge in [-0.1, -0.05) is 138 Å². The highest BCUT2D eigenvalue weighted by Crippen LogP contribution is 2.04. The van der Waals surface area contributed by atoms with E-state index in [2.05, 4.69) is 121 Å². The maximum atomic E-state index is 4.86. The maximum Gasteiger partial charge on any atom is 0.213 e. The van der Waals surface area contributed by atoms with Crippen molar-refractivity contribution in [1.29, 1.82) is 0 Å². The van der Waals surface area contributed by atoms with Gasteiger partial charge < -0.3 is 8.98 Å². The van der Waals surface area contributed by atoms with Gasteiger partial charge in [-0.25, -0.2) is 29.3 Å². The zero-order valence-electron chi connectivity index (χ0n) is 64.1. The number of aromatic amines is 6. The SMILES string of the molecule is CC.CC.CC.CC.CC.CC.CC.CC.CC.CC.Cc1ccn[nH]1.Cc1ccn[nH]1.Cc1ccns1.Cc1cn[nH]c1.Cc1ncn[nH]1.Cc1ncn[nH]1.Cc1ncn[nH]1.Cc1nnc(C)o1.Cc1nnc(C)s1.Cn1cccn1.Cn1ccnc1.Cn1cncn1. The van der Waals surface area contributed by atoms with Crippen molar-refractivity contribution in [3.05, 3.63) is 179 Å². The molecule has 12 aromatic rings. The number of hydrogen-bond donors (Lipinski definition) is 6. The zero-order chi connectivity index (χ0) is 74.6. The van der Waals surface area contributed by atoms with Crippen molar-refractivity contribution in [2.24, 2.45) is 21.1 Å². The quantitative estimate of drug-likeness (QED) is 0.0821. The van der Waals surface area contributed by atoms with Gasteiger partial charge in [-0.05, 0) is 104 Å². The topological polar surface area (TPSA) is 355 Å². The van der Waals surface area contributed by atoms with Gasteiger partial charge in [0.15, 0.2) is 0 Å². The Hall–Kier alpha value is -9.06. The fourth-order valence-electron chi connectivity index (χ4n) is 3.77. The van der Waals surface area contributed by atoms with E-state index in [4.69, 9.17) is 4.42 Å². The van der Waals surface area contributed by atoms with Crippen LogP contribution in [0.2, 0.25) is 0 Å². The van der Waals surface area contributed by atoms with Crippen LogP contribution in [-0.2, 0) is 21.1 Å². The van der Waals surface area contributed by atoms with Crippen LogP contribution in [0.3, 0.4) is 0 Å². The van der Waals surface area contributed by atoms with E-state index >= 15 is 0 Å². The van der Waals surface area contributed by atoms with Gasteiger partial charge in [0, 0.05) is 101 Å². The van der Waals surface area contributed by atoms with Crippen molar-refractivity contribution in [2.45, 2.75) is 215 Å². The molecule has 0 saturated carbocycles. The lowest BCUT2D eigenvalue weighted by atomic mass is 10.4. The third-order valence-corrected chi connectivity index (χ3v) is 8.56. The molecule has 30 heteroatoms. The van der Waals surface area contributed by atoms with Crippen LogP contribution in [0, 0.1) is 76.2 Å². The van der Waals surface area contributed by atoms with Crippen LogP contribution < -0.4 is 0 Å². The van der Waals surface area contributed by atoms with Gasteiger partial charge >= 0.3 is 0 Å². The summed E-state index contributed by atoms with van der Waals surface area (Å²) in [4.78, 5) is 20.0. The van der Waals surface area contributed by atoms with E-state index in [1.165, 1.54) is 47.3 Å². The first-order valence-corrected chi connectivity index (χ1v) is 33.5. The Morgan fingerprint density at radius 2 is 0.840 bits per heavy atom. The molecule has 6 N–H and O–H groups in total. The third-order valence-electron chi connectivity index (χ3n) is 7.15. The monoisotopic (exact) mass is 1350 g/mol. The molecule has 0 bridgehead atoms. The van der Waals surface area contributed by atoms with Crippen molar-refractivity contribution in [3.8, 4) is 0 Å². The Morgan fingerprint density at radius 3 is 0.936 bits per heavy atom. The first-order valence-electron chi connectivity index (χ1n) is 31.9. The van der Waals surface area contributed by atoms with Crippen LogP contribution in [-0.4, -0.2) is 135 Å². The van der Waals surface area contributed by atoms with Gasteiger partial charge in [0.25, 0.3) is 0 Å². The van der Waals surface area contributed by atoms with E-state index in [9.17, 15) is 0 Å². The standard InChI is InChI=1S/C4H6N2O.C4H6N2S.5C4H6N2.C4H5NS.4C3H5N3.10C2H6/c2*1-3-5-6-4(2)7-3;1-4-2-5-6-3-4;1-6-3-2-5-4-6;1-6-4-2-3-5-6;3*1-4-2-3-5-6-4;1-6-3-4-2-5-6;3*1-3-4-2-5-6-3;10*1-2/h2*1-2H3;2-3H,1H3,(H,5,6);2*2-4H,1H3;2*2-3H,1H3,(H,5,6);2*2-3H,1H3;3*2H,1H3,(H,4,5,6);10*1-2H3. The van der Waals surface area contributed by atoms with Crippen molar-refractivity contribution in [2.75, 3.05) is 0 Å². The molecule has 28 nitrogen and oxygen atoms in total. The van der Waals surface area contributed by atoms with E-state index in [-0.39, 0.29) is 0 Å². The lowest BCUT2D eigenvalue weighted by Crippen LogP contribution is -1.83. The minimum Gasteiger partial charge on any atom is -0.426 e. The highest BCUT2D eigenvalue weighted by Gasteiger charge is 1.90. The third kappa shape index (κ3) is 89.4. The smallest absolute Gasteiger partial charge is 0.213 e. The Balaban J connectivity index is -0.0000000999. The van der Waals surface area contributed by atoms with Crippen molar-refractivity contribution in [1.82, 2.24) is 135 Å². The fraction of sp³-hybridized carbons (Fsp3) is 0.531. The maximum absolute atomic E-state index is 4.86. The predicted octanol–water partition coefficient (Wildman–Crippen LogP) is 16.7. The number of imidazole rings is 1. The molecule has 94 heavy (non-hydrogen) atoms. The first-order chi connectivity index (χ1) is 45.5. The normalized spacial score (nSPS) is 7.68. The van der Waals surface area contributed by atoms with Crippen LogP contribution >= 0.6 is 22.9 Å². The molecule has 0 saturated heterocycles. The van der Waals surface area contributed by atoms with Gasteiger partial charge in [-0.3, -0.25) is 40.0 Å². The summed E-state index contributed by atoms with van der Waals surface area (Å²) in [6.07, 6.45) is 25.5. The average molecular weight is 1360 g/mol. The lowest BCUT2D eigenvalue weighted by molar-refractivity contribution is 0.489. The Bertz CT molecular complexity index is 2260. The molecule has 12 aromatic heterocycles. The minimum absolute atomic E-state index is 0.623. The van der Waals surface area contributed by atoms with Crippen molar-refractivity contribution in [3.63, 3.8) is 0 Å². The van der Waals surface area contributed by atoms with Gasteiger partial charge in [0.05, 0.1) is 12.5 Å². The van der Waals surface area contributed by atoms with E-state index in [0.717, 1.165) is 38.9 Å². The highest BCUT2D eigenvalue weighted by atomic mass is 32.1. The van der Waals surface area contributed by atoms with Crippen molar-refractivity contribution < 1.29 is 4.42 Å². The molecule has 0 aliphatic heterocycles. The molecule has 0 atom stereocenters. The molecular weight excluding hydrogens is 1230 g/mol. The molecule has 0 amide bonds. The summed E-state index contributed by atoms with van der Waals surface area (Å²) in [5.74, 6) is 3.81. The lowest BCUT2D eigenvalue weighted by Gasteiger charge is -1.77. The van der Waals surface area contributed by atoms with Crippen LogP contribution in [0.25, 0.3) is 0 Å². The summed E-state index contributed by atoms with van der Waals surface area (Å²) in [5, 5.41) is 62.3. The average Bonchev–Trinajstić information content (AvgIpc) is 4.01. The van der Waals surface area contributed by atoms with Crippen LogP contribution in [0.5, 0.6) is 0 Å². The predicted molar refractivity (Wildman–Crippen MR) is 394 cm³/mol. The van der Waals surface area contributed by atoms with Crippen LogP contribution in [0.15, 0.2) is 122 Å². The van der Waals surface area contributed by atoms with E-state index in [0.29, 0.717) is 11.8 Å². The summed E-state index contributed by atoms with van der Waals surface area (Å²) in [5.41, 5.74) is 3.39. The molecule has 536 valence electrons. The number of aromatic nitrogens is 27. The van der Waals surface area contributed by atoms with Gasteiger partial charge in [0.2, 0.25) is 11.8 Å². The summed E-state index contributed by atoms with van der Waals surface area (Å²) >= 11 is 3.15.